The lowest BCUT2D eigenvalue weighted by molar-refractivity contribution is 1.02. The summed E-state index contributed by atoms with van der Waals surface area (Å²) in [5.74, 6) is 0. The molecule has 12 aromatic carbocycles. The second kappa shape index (κ2) is 19.4. The lowest BCUT2D eigenvalue weighted by Gasteiger charge is -1.99. The van der Waals surface area contributed by atoms with Crippen LogP contribution in [0.1, 0.15) is 66.8 Å². The van der Waals surface area contributed by atoms with Gasteiger partial charge < -0.3 is 0 Å². The van der Waals surface area contributed by atoms with Crippen LogP contribution in [0, 0.1) is 0 Å². The lowest BCUT2D eigenvalue weighted by atomic mass is 10.1. The minimum Gasteiger partial charge on any atom is -0.0614 e. The second-order valence-electron chi connectivity index (χ2n) is 20.6. The minimum absolute atomic E-state index is 1.23. The number of benzene rings is 12. The first kappa shape index (κ1) is 44.2. The Labute approximate surface area is 424 Å². The van der Waals surface area contributed by atoms with Gasteiger partial charge in [0.05, 0.1) is 0 Å². The van der Waals surface area contributed by atoms with Gasteiger partial charge in [-0.25, -0.2) is 0 Å². The Morgan fingerprint density at radius 2 is 0.222 bits per heavy atom. The topological polar surface area (TPSA) is 0 Å². The molecule has 0 spiro atoms. The van der Waals surface area contributed by atoms with Crippen molar-refractivity contribution in [2.45, 2.75) is 77.0 Å². The van der Waals surface area contributed by atoms with Gasteiger partial charge in [-0.2, -0.15) is 0 Å². The number of hydrogen-bond donors (Lipinski definition) is 0. The highest BCUT2D eigenvalue weighted by molar-refractivity contribution is 5.94. The molecule has 0 saturated carbocycles. The van der Waals surface area contributed by atoms with Crippen LogP contribution in [0.25, 0.3) is 64.6 Å². The summed E-state index contributed by atoms with van der Waals surface area (Å²) in [7, 11) is 0. The predicted octanol–water partition coefficient (Wildman–Crippen LogP) is 17.6. The Morgan fingerprint density at radius 1 is 0.125 bits per heavy atom. The molecule has 0 bridgehead atoms. The Balaban J connectivity index is 0.0000000840. The van der Waals surface area contributed by atoms with Crippen LogP contribution < -0.4 is 0 Å². The molecule has 0 heterocycles. The molecule has 6 aliphatic rings. The average molecular weight is 925 g/mol. The van der Waals surface area contributed by atoms with Crippen LogP contribution in [0.2, 0.25) is 0 Å². The predicted molar refractivity (Wildman–Crippen MR) is 308 cm³/mol. The smallest absolute Gasteiger partial charge is 0.0120 e. The Hall–Kier alpha value is -7.80. The van der Waals surface area contributed by atoms with Crippen LogP contribution >= 0.6 is 0 Å². The van der Waals surface area contributed by atoms with E-state index in [1.165, 1.54) is 208 Å². The maximum absolute atomic E-state index is 2.25. The number of aryl methyl sites for hydroxylation is 12. The van der Waals surface area contributed by atoms with Crippen molar-refractivity contribution in [2.75, 3.05) is 0 Å². The fourth-order valence-electron chi connectivity index (χ4n) is 13.1. The third kappa shape index (κ3) is 8.43. The van der Waals surface area contributed by atoms with E-state index in [9.17, 15) is 0 Å². The molecule has 0 atom stereocenters. The number of rotatable bonds is 0. The quantitative estimate of drug-likeness (QED) is 0.142. The van der Waals surface area contributed by atoms with Crippen LogP contribution in [0.15, 0.2) is 218 Å². The molecule has 12 aromatic rings. The zero-order chi connectivity index (χ0) is 47.8. The van der Waals surface area contributed by atoms with Gasteiger partial charge in [-0.3, -0.25) is 0 Å². The summed E-state index contributed by atoms with van der Waals surface area (Å²) in [6.07, 6.45) is 14.8. The van der Waals surface area contributed by atoms with Crippen LogP contribution in [0.3, 0.4) is 0 Å². The third-order valence-electron chi connectivity index (χ3n) is 16.4. The molecule has 0 fully saturated rings. The summed E-state index contributed by atoms with van der Waals surface area (Å²) in [6.45, 7) is 0. The first-order chi connectivity index (χ1) is 35.7. The highest BCUT2D eigenvalue weighted by atomic mass is 14.2. The van der Waals surface area contributed by atoms with Gasteiger partial charge in [0, 0.05) is 0 Å². The third-order valence-corrected chi connectivity index (χ3v) is 16.4. The molecule has 0 saturated heterocycles. The molecule has 0 N–H and O–H groups in total. The lowest BCUT2D eigenvalue weighted by Crippen LogP contribution is -1.76. The maximum atomic E-state index is 2.25. The van der Waals surface area contributed by atoms with E-state index < -0.39 is 0 Å². The molecule has 0 radical (unpaired) electrons. The van der Waals surface area contributed by atoms with E-state index in [1.54, 1.807) is 0 Å². The van der Waals surface area contributed by atoms with Gasteiger partial charge >= 0.3 is 0 Å². The van der Waals surface area contributed by atoms with Crippen molar-refractivity contribution < 1.29 is 0 Å². The van der Waals surface area contributed by atoms with Gasteiger partial charge in [-0.15, -0.1) is 0 Å². The van der Waals surface area contributed by atoms with Gasteiger partial charge in [0.2, 0.25) is 0 Å². The van der Waals surface area contributed by atoms with E-state index in [0.717, 1.165) is 0 Å². The van der Waals surface area contributed by atoms with Crippen molar-refractivity contribution in [3.63, 3.8) is 0 Å². The maximum Gasteiger partial charge on any atom is -0.0120 e. The van der Waals surface area contributed by atoms with Gasteiger partial charge in [0.1, 0.15) is 0 Å². The summed E-state index contributed by atoms with van der Waals surface area (Å²) >= 11 is 0. The van der Waals surface area contributed by atoms with Crippen molar-refractivity contribution >= 4 is 64.6 Å². The van der Waals surface area contributed by atoms with Crippen molar-refractivity contribution in [1.29, 1.82) is 0 Å². The zero-order valence-electron chi connectivity index (χ0n) is 41.3. The van der Waals surface area contributed by atoms with Gasteiger partial charge in [-0.05, 0) is 208 Å². The summed E-state index contributed by atoms with van der Waals surface area (Å²) in [5.41, 5.74) is 18.4. The highest BCUT2D eigenvalue weighted by Gasteiger charge is 2.17. The fourth-order valence-corrected chi connectivity index (χ4v) is 13.1. The van der Waals surface area contributed by atoms with E-state index in [0.29, 0.717) is 0 Å². The molecule has 0 unspecified atom stereocenters. The average Bonchev–Trinajstić information content (AvgIpc) is 4.33. The van der Waals surface area contributed by atoms with Crippen molar-refractivity contribution in [3.05, 3.63) is 285 Å². The zero-order valence-corrected chi connectivity index (χ0v) is 41.3. The molecule has 6 aliphatic carbocycles. The highest BCUT2D eigenvalue weighted by Crippen LogP contribution is 2.35. The minimum atomic E-state index is 1.23. The van der Waals surface area contributed by atoms with Gasteiger partial charge in [0.15, 0.2) is 0 Å². The summed E-state index contributed by atoms with van der Waals surface area (Å²) < 4.78 is 0. The van der Waals surface area contributed by atoms with Gasteiger partial charge in [0.25, 0.3) is 0 Å². The van der Waals surface area contributed by atoms with Crippen LogP contribution in [-0.2, 0) is 77.0 Å². The fraction of sp³-hybridized carbons (Fsp3) is 0.167. The molecule has 0 aromatic heterocycles. The summed E-state index contributed by atoms with van der Waals surface area (Å²) in [5, 5.41) is 17.5. The van der Waals surface area contributed by atoms with E-state index in [-0.39, 0.29) is 0 Å². The van der Waals surface area contributed by atoms with E-state index in [2.05, 4.69) is 218 Å². The van der Waals surface area contributed by atoms with E-state index >= 15 is 0 Å². The Bertz CT molecular complexity index is 3090. The molecular formula is C72H60. The first-order valence-corrected chi connectivity index (χ1v) is 26.7. The van der Waals surface area contributed by atoms with Crippen LogP contribution in [0.4, 0.5) is 0 Å². The molecule has 0 amide bonds. The van der Waals surface area contributed by atoms with Gasteiger partial charge in [-0.1, -0.05) is 218 Å². The normalized spacial score (nSPS) is 14.0. The Morgan fingerprint density at radius 3 is 0.319 bits per heavy atom. The molecule has 0 aliphatic heterocycles. The van der Waals surface area contributed by atoms with E-state index in [1.807, 2.05) is 0 Å². The molecule has 348 valence electrons. The standard InChI is InChI=1S/6C12H10/c6*1-3-9-4-2-6-11-8-7-10(5-1)12(9)11/h6*1-6H,7-8H2. The second-order valence-corrected chi connectivity index (χ2v) is 20.6. The molecule has 18 rings (SSSR count). The molecular weight excluding hydrogens is 865 g/mol. The SMILES string of the molecule is c1cc2c3c(cccc3c1)CC2.c1cc2c3c(cccc3c1)CC2.c1cc2c3c(cccc3c1)CC2.c1cc2c3c(cccc3c1)CC2.c1cc2c3c(cccc3c1)CC2.c1cc2c3c(cccc3c1)CC2. The molecule has 0 heteroatoms. The van der Waals surface area contributed by atoms with Crippen molar-refractivity contribution in [2.24, 2.45) is 0 Å². The summed E-state index contributed by atoms with van der Waals surface area (Å²) in [4.78, 5) is 0. The largest absolute Gasteiger partial charge is 0.0614 e. The Kier molecular flexibility index (Phi) is 11.9. The van der Waals surface area contributed by atoms with E-state index in [4.69, 9.17) is 0 Å². The first-order valence-electron chi connectivity index (χ1n) is 26.7. The van der Waals surface area contributed by atoms with Crippen LogP contribution in [-0.4, -0.2) is 0 Å². The summed E-state index contributed by atoms with van der Waals surface area (Å²) in [6, 6.07) is 79.3. The molecule has 0 nitrogen and oxygen atoms in total. The number of hydrogen-bond acceptors (Lipinski definition) is 0. The van der Waals surface area contributed by atoms with Crippen LogP contribution in [0.5, 0.6) is 0 Å². The van der Waals surface area contributed by atoms with Crippen molar-refractivity contribution in [1.82, 2.24) is 0 Å². The monoisotopic (exact) mass is 924 g/mol. The van der Waals surface area contributed by atoms with Crippen molar-refractivity contribution in [3.8, 4) is 0 Å². The molecule has 72 heavy (non-hydrogen) atoms.